The average molecular weight is 340 g/mol. The predicted octanol–water partition coefficient (Wildman–Crippen LogP) is 4.96. The van der Waals surface area contributed by atoms with Gasteiger partial charge < -0.3 is 21.0 Å². The lowest BCUT2D eigenvalue weighted by molar-refractivity contribution is 1.13. The topological polar surface area (TPSA) is 72.8 Å². The van der Waals surface area contributed by atoms with E-state index < -0.39 is 0 Å². The van der Waals surface area contributed by atoms with Crippen molar-refractivity contribution in [1.82, 2.24) is 9.55 Å². The monoisotopic (exact) mass is 340 g/mol. The van der Waals surface area contributed by atoms with E-state index in [-0.39, 0.29) is 0 Å². The zero-order valence-electron chi connectivity index (χ0n) is 14.3. The maximum absolute atomic E-state index is 5.76. The van der Waals surface area contributed by atoms with Gasteiger partial charge in [0.05, 0.1) is 5.52 Å². The number of aromatic amines is 1. The summed E-state index contributed by atoms with van der Waals surface area (Å²) >= 11 is 0. The molecule has 4 nitrogen and oxygen atoms in total. The van der Waals surface area contributed by atoms with Crippen LogP contribution < -0.4 is 11.5 Å². The highest BCUT2D eigenvalue weighted by atomic mass is 15.0. The van der Waals surface area contributed by atoms with Gasteiger partial charge in [0.25, 0.3) is 0 Å². The number of hydrogen-bond acceptors (Lipinski definition) is 2. The third kappa shape index (κ3) is 3.13. The number of H-pyrrole nitrogens is 1. The number of rotatable bonds is 1. The number of nitrogens with one attached hydrogen (secondary N) is 1. The van der Waals surface area contributed by atoms with Crippen molar-refractivity contribution in [2.24, 2.45) is 0 Å². The molecule has 128 valence electrons. The highest BCUT2D eigenvalue weighted by Gasteiger charge is 2.02. The molecule has 0 aliphatic heterocycles. The van der Waals surface area contributed by atoms with Crippen LogP contribution in [0.3, 0.4) is 0 Å². The summed E-state index contributed by atoms with van der Waals surface area (Å²) in [6.07, 6.45) is 3.98. The molecule has 5 aromatic rings. The molecule has 3 aromatic carbocycles. The van der Waals surface area contributed by atoms with E-state index in [1.54, 1.807) is 0 Å². The molecule has 2 aromatic heterocycles. The first-order chi connectivity index (χ1) is 12.7. The van der Waals surface area contributed by atoms with Crippen LogP contribution in [0.4, 0.5) is 11.4 Å². The third-order valence-corrected chi connectivity index (χ3v) is 4.33. The van der Waals surface area contributed by atoms with Gasteiger partial charge in [-0.05, 0) is 60.7 Å². The van der Waals surface area contributed by atoms with Crippen LogP contribution in [-0.2, 0) is 0 Å². The van der Waals surface area contributed by atoms with Crippen molar-refractivity contribution in [3.8, 4) is 5.69 Å². The number of aromatic nitrogens is 2. The van der Waals surface area contributed by atoms with Crippen LogP contribution in [0.1, 0.15) is 0 Å². The van der Waals surface area contributed by atoms with E-state index in [4.69, 9.17) is 11.5 Å². The van der Waals surface area contributed by atoms with Gasteiger partial charge in [-0.3, -0.25) is 0 Å². The van der Waals surface area contributed by atoms with Crippen LogP contribution in [0, 0.1) is 0 Å². The molecule has 0 unspecified atom stereocenters. The lowest BCUT2D eigenvalue weighted by atomic mass is 10.2. The zero-order valence-corrected chi connectivity index (χ0v) is 14.3. The van der Waals surface area contributed by atoms with Crippen molar-refractivity contribution in [2.75, 3.05) is 11.5 Å². The summed E-state index contributed by atoms with van der Waals surface area (Å²) < 4.78 is 2.16. The number of fused-ring (bicyclic) bond motifs is 2. The van der Waals surface area contributed by atoms with E-state index in [1.807, 2.05) is 60.8 Å². The largest absolute Gasteiger partial charge is 0.399 e. The molecule has 0 radical (unpaired) electrons. The quantitative estimate of drug-likeness (QED) is 0.377. The molecule has 0 saturated carbocycles. The molecule has 0 fully saturated rings. The Kier molecular flexibility index (Phi) is 4.07. The number of benzene rings is 3. The smallest absolute Gasteiger partial charge is 0.0529 e. The Balaban J connectivity index is 0.000000144. The van der Waals surface area contributed by atoms with Crippen molar-refractivity contribution in [1.29, 1.82) is 0 Å². The van der Waals surface area contributed by atoms with E-state index >= 15 is 0 Å². The minimum Gasteiger partial charge on any atom is -0.399 e. The Labute approximate surface area is 151 Å². The minimum atomic E-state index is 0.804. The van der Waals surface area contributed by atoms with Gasteiger partial charge >= 0.3 is 0 Å². The second-order valence-corrected chi connectivity index (χ2v) is 6.16. The minimum absolute atomic E-state index is 0.804. The van der Waals surface area contributed by atoms with E-state index in [2.05, 4.69) is 40.0 Å². The molecule has 0 amide bonds. The van der Waals surface area contributed by atoms with E-state index in [0.29, 0.717) is 0 Å². The molecule has 0 aliphatic carbocycles. The van der Waals surface area contributed by atoms with Crippen LogP contribution in [-0.4, -0.2) is 9.55 Å². The van der Waals surface area contributed by atoms with Gasteiger partial charge in [0.2, 0.25) is 0 Å². The van der Waals surface area contributed by atoms with Crippen LogP contribution in [0.15, 0.2) is 91.3 Å². The maximum atomic E-state index is 5.76. The molecule has 0 aliphatic rings. The SMILES string of the molecule is Nc1ccc2[nH]ccc2c1.Nc1ccc2c(ccn2-c2ccccc2)c1. The van der Waals surface area contributed by atoms with Crippen molar-refractivity contribution in [3.63, 3.8) is 0 Å². The molecule has 0 spiro atoms. The van der Waals surface area contributed by atoms with Gasteiger partial charge in [-0.15, -0.1) is 0 Å². The highest BCUT2D eigenvalue weighted by molar-refractivity contribution is 5.85. The predicted molar refractivity (Wildman–Crippen MR) is 110 cm³/mol. The fourth-order valence-corrected chi connectivity index (χ4v) is 3.05. The Morgan fingerprint density at radius 3 is 2.23 bits per heavy atom. The molecular weight excluding hydrogens is 320 g/mol. The van der Waals surface area contributed by atoms with Crippen molar-refractivity contribution in [2.45, 2.75) is 0 Å². The summed E-state index contributed by atoms with van der Waals surface area (Å²) in [5.74, 6) is 0. The molecule has 5 N–H and O–H groups in total. The first-order valence-corrected chi connectivity index (χ1v) is 8.45. The molecule has 26 heavy (non-hydrogen) atoms. The standard InChI is InChI=1S/C14H12N2.C8H8N2/c15-12-6-7-14-11(10-12)8-9-16(14)13-4-2-1-3-5-13;9-7-1-2-8-6(5-7)3-4-10-8/h1-10H,15H2;1-5,10H,9H2. The molecule has 0 saturated heterocycles. The number of nitrogens with zero attached hydrogens (tertiary/aromatic N) is 1. The maximum Gasteiger partial charge on any atom is 0.0529 e. The molecule has 0 bridgehead atoms. The normalized spacial score (nSPS) is 10.6. The molecule has 5 rings (SSSR count). The van der Waals surface area contributed by atoms with Gasteiger partial charge in [-0.2, -0.15) is 0 Å². The van der Waals surface area contributed by atoms with Gasteiger partial charge in [0, 0.05) is 45.7 Å². The summed E-state index contributed by atoms with van der Waals surface area (Å²) in [7, 11) is 0. The van der Waals surface area contributed by atoms with Gasteiger partial charge in [-0.1, -0.05) is 18.2 Å². The lowest BCUT2D eigenvalue weighted by Crippen LogP contribution is -1.91. The second-order valence-electron chi connectivity index (χ2n) is 6.16. The van der Waals surface area contributed by atoms with Gasteiger partial charge in [-0.25, -0.2) is 0 Å². The average Bonchev–Trinajstić information content (AvgIpc) is 3.28. The van der Waals surface area contributed by atoms with E-state index in [0.717, 1.165) is 16.9 Å². The summed E-state index contributed by atoms with van der Waals surface area (Å²) in [5, 5.41) is 2.34. The van der Waals surface area contributed by atoms with Gasteiger partial charge in [0.1, 0.15) is 0 Å². The number of nitrogens with two attached hydrogens (primary N) is 2. The fourth-order valence-electron chi connectivity index (χ4n) is 3.05. The van der Waals surface area contributed by atoms with Crippen LogP contribution in [0.25, 0.3) is 27.5 Å². The summed E-state index contributed by atoms with van der Waals surface area (Å²) in [5.41, 5.74) is 16.4. The van der Waals surface area contributed by atoms with Crippen LogP contribution >= 0.6 is 0 Å². The van der Waals surface area contributed by atoms with Gasteiger partial charge in [0.15, 0.2) is 0 Å². The molecular formula is C22H20N4. The Morgan fingerprint density at radius 1 is 0.692 bits per heavy atom. The molecule has 0 atom stereocenters. The number of nitrogen functional groups attached to an aromatic ring is 2. The molecule has 4 heteroatoms. The summed E-state index contributed by atoms with van der Waals surface area (Å²) in [6.45, 7) is 0. The number of anilines is 2. The Bertz CT molecular complexity index is 1150. The number of para-hydroxylation sites is 1. The van der Waals surface area contributed by atoms with Crippen molar-refractivity contribution < 1.29 is 0 Å². The Hall–Kier alpha value is -3.66. The van der Waals surface area contributed by atoms with E-state index in [9.17, 15) is 0 Å². The fraction of sp³-hybridized carbons (Fsp3) is 0. The highest BCUT2D eigenvalue weighted by Crippen LogP contribution is 2.22. The Morgan fingerprint density at radius 2 is 1.42 bits per heavy atom. The molecule has 2 heterocycles. The van der Waals surface area contributed by atoms with Crippen LogP contribution in [0.2, 0.25) is 0 Å². The second kappa shape index (κ2) is 6.69. The van der Waals surface area contributed by atoms with Crippen molar-refractivity contribution in [3.05, 3.63) is 91.3 Å². The van der Waals surface area contributed by atoms with Crippen LogP contribution in [0.5, 0.6) is 0 Å². The zero-order chi connectivity index (χ0) is 17.9. The van der Waals surface area contributed by atoms with E-state index in [1.165, 1.54) is 22.0 Å². The number of hydrogen-bond donors (Lipinski definition) is 3. The first-order valence-electron chi connectivity index (χ1n) is 8.45. The summed E-state index contributed by atoms with van der Waals surface area (Å²) in [4.78, 5) is 3.09. The van der Waals surface area contributed by atoms with Crippen molar-refractivity contribution >= 4 is 33.2 Å². The summed E-state index contributed by atoms with van der Waals surface area (Å²) in [6, 6.07) is 26.2. The third-order valence-electron chi connectivity index (χ3n) is 4.33. The first kappa shape index (κ1) is 15.8. The lowest BCUT2D eigenvalue weighted by Gasteiger charge is -2.04.